The lowest BCUT2D eigenvalue weighted by Crippen LogP contribution is -2.19. The fourth-order valence-corrected chi connectivity index (χ4v) is 3.28. The minimum absolute atomic E-state index is 0.345. The van der Waals surface area contributed by atoms with Crippen molar-refractivity contribution in [3.63, 3.8) is 0 Å². The zero-order chi connectivity index (χ0) is 16.2. The number of hydrogen-bond acceptors (Lipinski definition) is 5. The van der Waals surface area contributed by atoms with Crippen molar-refractivity contribution in [1.29, 1.82) is 5.26 Å². The van der Waals surface area contributed by atoms with Gasteiger partial charge < -0.3 is 9.64 Å². The maximum Gasteiger partial charge on any atom is 0.337 e. The Balaban J connectivity index is 1.86. The minimum atomic E-state index is -0.345. The Morgan fingerprint density at radius 1 is 1.22 bits per heavy atom. The summed E-state index contributed by atoms with van der Waals surface area (Å²) in [6.07, 6.45) is 1.86. The SMILES string of the molecule is COC(=O)c1ccc(CN2C=C(C#N)Sc3ccccc32)cc1. The Morgan fingerprint density at radius 2 is 1.96 bits per heavy atom. The maximum atomic E-state index is 11.5. The number of hydrogen-bond donors (Lipinski definition) is 0. The molecule has 5 heteroatoms. The molecule has 2 aromatic rings. The Bertz CT molecular complexity index is 807. The summed E-state index contributed by atoms with van der Waals surface area (Å²) >= 11 is 1.48. The van der Waals surface area contributed by atoms with Gasteiger partial charge in [-0.25, -0.2) is 4.79 Å². The number of thioether (sulfide) groups is 1. The molecule has 0 spiro atoms. The third-order valence-corrected chi connectivity index (χ3v) is 4.49. The summed E-state index contributed by atoms with van der Waals surface area (Å²) in [5, 5.41) is 9.21. The number of esters is 1. The topological polar surface area (TPSA) is 53.3 Å². The van der Waals surface area contributed by atoms with Crippen LogP contribution in [-0.2, 0) is 11.3 Å². The Hall–Kier alpha value is -2.71. The van der Waals surface area contributed by atoms with Crippen molar-refractivity contribution < 1.29 is 9.53 Å². The van der Waals surface area contributed by atoms with E-state index < -0.39 is 0 Å². The van der Waals surface area contributed by atoms with E-state index in [0.29, 0.717) is 17.0 Å². The molecule has 4 nitrogen and oxygen atoms in total. The van der Waals surface area contributed by atoms with E-state index in [1.165, 1.54) is 18.9 Å². The van der Waals surface area contributed by atoms with Crippen molar-refractivity contribution in [2.45, 2.75) is 11.4 Å². The van der Waals surface area contributed by atoms with Crippen LogP contribution in [0.25, 0.3) is 0 Å². The van der Waals surface area contributed by atoms with E-state index in [0.717, 1.165) is 16.1 Å². The first-order valence-electron chi connectivity index (χ1n) is 7.04. The number of carbonyl (C=O) groups excluding carboxylic acids is 1. The van der Waals surface area contributed by atoms with E-state index in [2.05, 4.69) is 11.0 Å². The van der Waals surface area contributed by atoms with E-state index in [1.807, 2.05) is 42.6 Å². The number of rotatable bonds is 3. The first-order chi connectivity index (χ1) is 11.2. The maximum absolute atomic E-state index is 11.5. The van der Waals surface area contributed by atoms with Gasteiger partial charge in [-0.05, 0) is 29.8 Å². The molecular weight excluding hydrogens is 308 g/mol. The van der Waals surface area contributed by atoms with Gasteiger partial charge in [-0.2, -0.15) is 5.26 Å². The molecule has 0 fully saturated rings. The van der Waals surface area contributed by atoms with Crippen LogP contribution in [0.2, 0.25) is 0 Å². The summed E-state index contributed by atoms with van der Waals surface area (Å²) in [6.45, 7) is 0.629. The van der Waals surface area contributed by atoms with E-state index >= 15 is 0 Å². The standard InChI is InChI=1S/C18H14N2O2S/c1-22-18(21)14-8-6-13(7-9-14)11-20-12-15(10-19)23-17-5-3-2-4-16(17)20/h2-9,12H,11H2,1H3. The van der Waals surface area contributed by atoms with E-state index in [-0.39, 0.29) is 5.97 Å². The second-order valence-corrected chi connectivity index (χ2v) is 6.08. The molecule has 23 heavy (non-hydrogen) atoms. The molecule has 0 saturated heterocycles. The molecule has 0 bridgehead atoms. The van der Waals surface area contributed by atoms with Gasteiger partial charge in [0, 0.05) is 17.6 Å². The summed E-state index contributed by atoms with van der Waals surface area (Å²) in [5.41, 5.74) is 2.65. The molecule has 1 aliphatic heterocycles. The van der Waals surface area contributed by atoms with E-state index in [9.17, 15) is 10.1 Å². The lowest BCUT2D eigenvalue weighted by molar-refractivity contribution is 0.0600. The van der Waals surface area contributed by atoms with E-state index in [4.69, 9.17) is 4.74 Å². The molecule has 3 rings (SSSR count). The molecule has 0 saturated carbocycles. The Kier molecular flexibility index (Phi) is 4.35. The highest BCUT2D eigenvalue weighted by molar-refractivity contribution is 8.03. The van der Waals surface area contributed by atoms with E-state index in [1.54, 1.807) is 12.1 Å². The monoisotopic (exact) mass is 322 g/mol. The van der Waals surface area contributed by atoms with Crippen LogP contribution in [0.5, 0.6) is 0 Å². The number of fused-ring (bicyclic) bond motifs is 1. The van der Waals surface area contributed by atoms with Gasteiger partial charge in [-0.3, -0.25) is 0 Å². The average molecular weight is 322 g/mol. The quantitative estimate of drug-likeness (QED) is 0.801. The van der Waals surface area contributed by atoms with Crippen molar-refractivity contribution in [1.82, 2.24) is 0 Å². The molecule has 1 aliphatic rings. The zero-order valence-electron chi connectivity index (χ0n) is 12.5. The molecule has 0 amide bonds. The predicted octanol–water partition coefficient (Wildman–Crippen LogP) is 3.95. The first kappa shape index (κ1) is 15.2. The fourth-order valence-electron chi connectivity index (χ4n) is 2.38. The van der Waals surface area contributed by atoms with Gasteiger partial charge in [-0.1, -0.05) is 36.0 Å². The number of para-hydroxylation sites is 1. The highest BCUT2D eigenvalue weighted by Crippen LogP contribution is 2.40. The van der Waals surface area contributed by atoms with Crippen molar-refractivity contribution in [3.8, 4) is 6.07 Å². The smallest absolute Gasteiger partial charge is 0.337 e. The third kappa shape index (κ3) is 3.22. The molecule has 1 heterocycles. The summed E-state index contributed by atoms with van der Waals surface area (Å²) < 4.78 is 4.70. The van der Waals surface area contributed by atoms with Crippen molar-refractivity contribution >= 4 is 23.4 Å². The number of methoxy groups -OCH3 is 1. The predicted molar refractivity (Wildman–Crippen MR) is 90.0 cm³/mol. The summed E-state index contributed by atoms with van der Waals surface area (Å²) in [4.78, 5) is 15.3. The van der Waals surface area contributed by atoms with Gasteiger partial charge >= 0.3 is 5.97 Å². The first-order valence-corrected chi connectivity index (χ1v) is 7.85. The second kappa shape index (κ2) is 6.59. The molecule has 0 N–H and O–H groups in total. The van der Waals surface area contributed by atoms with Crippen LogP contribution in [0.4, 0.5) is 5.69 Å². The number of carbonyl (C=O) groups is 1. The number of benzene rings is 2. The highest BCUT2D eigenvalue weighted by atomic mass is 32.2. The fraction of sp³-hybridized carbons (Fsp3) is 0.111. The van der Waals surface area contributed by atoms with Crippen molar-refractivity contribution in [2.75, 3.05) is 12.0 Å². The van der Waals surface area contributed by atoms with Crippen LogP contribution in [-0.4, -0.2) is 13.1 Å². The number of nitrogens with zero attached hydrogens (tertiary/aromatic N) is 2. The molecule has 0 radical (unpaired) electrons. The summed E-state index contributed by atoms with van der Waals surface area (Å²) in [5.74, 6) is -0.345. The van der Waals surface area contributed by atoms with Crippen LogP contribution in [0.15, 0.2) is 64.5 Å². The van der Waals surface area contributed by atoms with Crippen LogP contribution in [0, 0.1) is 11.3 Å². The molecule has 0 aliphatic carbocycles. The summed E-state index contributed by atoms with van der Waals surface area (Å²) in [6, 6.07) is 17.5. The zero-order valence-corrected chi connectivity index (χ0v) is 13.3. The van der Waals surface area contributed by atoms with Gasteiger partial charge in [0.05, 0.1) is 18.4 Å². The molecule has 0 atom stereocenters. The number of anilines is 1. The Labute approximate surface area is 139 Å². The second-order valence-electron chi connectivity index (χ2n) is 4.99. The van der Waals surface area contributed by atoms with Crippen molar-refractivity contribution in [3.05, 3.63) is 70.8 Å². The van der Waals surface area contributed by atoms with Gasteiger partial charge in [0.2, 0.25) is 0 Å². The lowest BCUT2D eigenvalue weighted by Gasteiger charge is -2.27. The normalized spacial score (nSPS) is 12.9. The number of nitriles is 1. The molecule has 0 unspecified atom stereocenters. The third-order valence-electron chi connectivity index (χ3n) is 3.51. The van der Waals surface area contributed by atoms with Crippen LogP contribution in [0.3, 0.4) is 0 Å². The molecule has 114 valence electrons. The van der Waals surface area contributed by atoms with Crippen molar-refractivity contribution in [2.24, 2.45) is 0 Å². The lowest BCUT2D eigenvalue weighted by atomic mass is 10.1. The van der Waals surface area contributed by atoms with Gasteiger partial charge in [0.15, 0.2) is 0 Å². The van der Waals surface area contributed by atoms with Gasteiger partial charge in [0.25, 0.3) is 0 Å². The van der Waals surface area contributed by atoms with Crippen LogP contribution < -0.4 is 4.90 Å². The highest BCUT2D eigenvalue weighted by Gasteiger charge is 2.18. The van der Waals surface area contributed by atoms with Gasteiger partial charge in [-0.15, -0.1) is 0 Å². The van der Waals surface area contributed by atoms with Crippen LogP contribution >= 0.6 is 11.8 Å². The molecule has 2 aromatic carbocycles. The van der Waals surface area contributed by atoms with Gasteiger partial charge in [0.1, 0.15) is 11.0 Å². The number of allylic oxidation sites excluding steroid dienone is 1. The molecular formula is C18H14N2O2S. The molecule has 0 aromatic heterocycles. The largest absolute Gasteiger partial charge is 0.465 e. The van der Waals surface area contributed by atoms with Crippen LogP contribution in [0.1, 0.15) is 15.9 Å². The Morgan fingerprint density at radius 3 is 2.65 bits per heavy atom. The minimum Gasteiger partial charge on any atom is -0.465 e. The summed E-state index contributed by atoms with van der Waals surface area (Å²) in [7, 11) is 1.37. The number of ether oxygens (including phenoxy) is 1. The average Bonchev–Trinajstić information content (AvgIpc) is 2.61.